The number of halogens is 1. The van der Waals surface area contributed by atoms with Crippen LogP contribution in [-0.4, -0.2) is 67.8 Å². The smallest absolute Gasteiger partial charge is 0.410 e. The summed E-state index contributed by atoms with van der Waals surface area (Å²) in [7, 11) is 1.80. The maximum absolute atomic E-state index is 14.5. The molecule has 1 aliphatic heterocycles. The third-order valence-electron chi connectivity index (χ3n) is 6.17. The zero-order valence-electron chi connectivity index (χ0n) is 21.6. The Hall–Kier alpha value is -4.15. The van der Waals surface area contributed by atoms with Crippen LogP contribution in [-0.2, 0) is 11.8 Å². The fraction of sp³-hybridized carbons (Fsp3) is 0.385. The predicted octanol–water partition coefficient (Wildman–Crippen LogP) is 3.98. The van der Waals surface area contributed by atoms with E-state index in [9.17, 15) is 14.0 Å². The average Bonchev–Trinajstić information content (AvgIpc) is 3.39. The maximum Gasteiger partial charge on any atom is 0.410 e. The second-order valence-electron chi connectivity index (χ2n) is 10.3. The SMILES string of the molecule is Cc1cn2cc(NC(=O)c3ccc(N4CCN(C(=O)OC(C)(C)C)CC4)c4cn(C)nc34)cc(F)c2n1. The monoisotopic (exact) mass is 507 g/mol. The zero-order chi connectivity index (χ0) is 26.5. The Kier molecular flexibility index (Phi) is 6.01. The summed E-state index contributed by atoms with van der Waals surface area (Å²) in [6.07, 6.45) is 4.89. The molecule has 0 bridgehead atoms. The second-order valence-corrected chi connectivity index (χ2v) is 10.3. The average molecular weight is 508 g/mol. The van der Waals surface area contributed by atoms with Gasteiger partial charge < -0.3 is 24.3 Å². The van der Waals surface area contributed by atoms with Gasteiger partial charge in [-0.2, -0.15) is 5.10 Å². The van der Waals surface area contributed by atoms with Crippen LogP contribution in [0, 0.1) is 12.7 Å². The Bertz CT molecular complexity index is 1510. The van der Waals surface area contributed by atoms with Gasteiger partial charge in [0.2, 0.25) is 0 Å². The van der Waals surface area contributed by atoms with Crippen molar-refractivity contribution in [2.24, 2.45) is 7.05 Å². The molecule has 194 valence electrons. The molecule has 5 rings (SSSR count). The number of benzene rings is 1. The molecule has 4 heterocycles. The molecule has 3 aromatic heterocycles. The molecular weight excluding hydrogens is 477 g/mol. The molecule has 1 N–H and O–H groups in total. The molecular formula is C26H30FN7O3. The van der Waals surface area contributed by atoms with Crippen molar-refractivity contribution in [3.05, 3.63) is 53.9 Å². The molecule has 0 unspecified atom stereocenters. The molecule has 1 fully saturated rings. The normalized spacial score (nSPS) is 14.4. The summed E-state index contributed by atoms with van der Waals surface area (Å²) in [5, 5.41) is 8.16. The number of hydrogen-bond acceptors (Lipinski definition) is 6. The van der Waals surface area contributed by atoms with Gasteiger partial charge in [0.15, 0.2) is 11.5 Å². The maximum atomic E-state index is 14.5. The summed E-state index contributed by atoms with van der Waals surface area (Å²) in [4.78, 5) is 33.7. The summed E-state index contributed by atoms with van der Waals surface area (Å²) in [6.45, 7) is 9.64. The Labute approximate surface area is 213 Å². The quantitative estimate of drug-likeness (QED) is 0.451. The molecule has 10 nitrogen and oxygen atoms in total. The van der Waals surface area contributed by atoms with E-state index in [1.54, 1.807) is 46.4 Å². The number of nitrogens with one attached hydrogen (secondary N) is 1. The lowest BCUT2D eigenvalue weighted by molar-refractivity contribution is 0.0240. The second kappa shape index (κ2) is 9.06. The van der Waals surface area contributed by atoms with Crippen LogP contribution in [0.2, 0.25) is 0 Å². The van der Waals surface area contributed by atoms with Crippen LogP contribution in [0.15, 0.2) is 36.8 Å². The third-order valence-corrected chi connectivity index (χ3v) is 6.17. The predicted molar refractivity (Wildman–Crippen MR) is 139 cm³/mol. The van der Waals surface area contributed by atoms with Crippen molar-refractivity contribution in [3.8, 4) is 0 Å². The van der Waals surface area contributed by atoms with Crippen molar-refractivity contribution in [2.45, 2.75) is 33.3 Å². The fourth-order valence-corrected chi connectivity index (χ4v) is 4.57. The number of piperazine rings is 1. The number of aryl methyl sites for hydroxylation is 2. The molecule has 1 saturated heterocycles. The molecule has 0 radical (unpaired) electrons. The highest BCUT2D eigenvalue weighted by molar-refractivity contribution is 6.13. The molecule has 0 saturated carbocycles. The first-order valence-electron chi connectivity index (χ1n) is 12.1. The van der Waals surface area contributed by atoms with Gasteiger partial charge in [-0.1, -0.05) is 0 Å². The number of imidazole rings is 1. The Morgan fingerprint density at radius 1 is 1.08 bits per heavy atom. The van der Waals surface area contributed by atoms with E-state index in [0.29, 0.717) is 48.6 Å². The number of fused-ring (bicyclic) bond motifs is 2. The van der Waals surface area contributed by atoms with Crippen LogP contribution in [0.3, 0.4) is 0 Å². The van der Waals surface area contributed by atoms with Gasteiger partial charge in [0.1, 0.15) is 11.1 Å². The van der Waals surface area contributed by atoms with Gasteiger partial charge in [-0.25, -0.2) is 14.2 Å². The topological polar surface area (TPSA) is 97.0 Å². The van der Waals surface area contributed by atoms with E-state index < -0.39 is 11.4 Å². The summed E-state index contributed by atoms with van der Waals surface area (Å²) < 4.78 is 23.2. The number of pyridine rings is 1. The van der Waals surface area contributed by atoms with Gasteiger partial charge in [0, 0.05) is 69.0 Å². The molecule has 0 atom stereocenters. The van der Waals surface area contributed by atoms with E-state index in [1.165, 1.54) is 6.07 Å². The highest BCUT2D eigenvalue weighted by Crippen LogP contribution is 2.30. The number of ether oxygens (including phenoxy) is 1. The molecule has 2 amide bonds. The van der Waals surface area contributed by atoms with Crippen LogP contribution in [0.5, 0.6) is 0 Å². The number of anilines is 2. The lowest BCUT2D eigenvalue weighted by atomic mass is 10.1. The minimum Gasteiger partial charge on any atom is -0.444 e. The zero-order valence-corrected chi connectivity index (χ0v) is 21.6. The Balaban J connectivity index is 1.37. The number of nitrogens with zero attached hydrogens (tertiary/aromatic N) is 6. The number of rotatable bonds is 3. The molecule has 1 aliphatic rings. The van der Waals surface area contributed by atoms with Crippen molar-refractivity contribution in [2.75, 3.05) is 36.4 Å². The lowest BCUT2D eigenvalue weighted by Crippen LogP contribution is -2.50. The van der Waals surface area contributed by atoms with Crippen LogP contribution < -0.4 is 10.2 Å². The molecule has 37 heavy (non-hydrogen) atoms. The highest BCUT2D eigenvalue weighted by atomic mass is 19.1. The summed E-state index contributed by atoms with van der Waals surface area (Å²) in [6, 6.07) is 4.88. The first kappa shape index (κ1) is 24.5. The van der Waals surface area contributed by atoms with Crippen molar-refractivity contribution in [3.63, 3.8) is 0 Å². The highest BCUT2D eigenvalue weighted by Gasteiger charge is 2.27. The van der Waals surface area contributed by atoms with Gasteiger partial charge in [0.25, 0.3) is 5.91 Å². The number of aromatic nitrogens is 4. The molecule has 4 aromatic rings. The van der Waals surface area contributed by atoms with Crippen molar-refractivity contribution >= 4 is 39.9 Å². The van der Waals surface area contributed by atoms with E-state index >= 15 is 0 Å². The van der Waals surface area contributed by atoms with Crippen LogP contribution in [0.4, 0.5) is 20.6 Å². The van der Waals surface area contributed by atoms with E-state index in [-0.39, 0.29) is 17.6 Å². The first-order valence-corrected chi connectivity index (χ1v) is 12.1. The number of amides is 2. The van der Waals surface area contributed by atoms with Crippen LogP contribution in [0.1, 0.15) is 36.8 Å². The third kappa shape index (κ3) is 4.93. The van der Waals surface area contributed by atoms with Gasteiger partial charge in [-0.15, -0.1) is 0 Å². The fourth-order valence-electron chi connectivity index (χ4n) is 4.57. The van der Waals surface area contributed by atoms with E-state index in [4.69, 9.17) is 4.74 Å². The van der Waals surface area contributed by atoms with E-state index in [1.807, 2.05) is 33.0 Å². The summed E-state index contributed by atoms with van der Waals surface area (Å²) in [5.74, 6) is -0.907. The summed E-state index contributed by atoms with van der Waals surface area (Å²) in [5.41, 5.74) is 2.53. The first-order chi connectivity index (χ1) is 17.5. The molecule has 11 heteroatoms. The van der Waals surface area contributed by atoms with Crippen molar-refractivity contribution < 1.29 is 18.7 Å². The number of carbonyl (C=O) groups excluding carboxylic acids is 2. The Morgan fingerprint density at radius 3 is 2.51 bits per heavy atom. The van der Waals surface area contributed by atoms with E-state index in [0.717, 1.165) is 11.1 Å². The van der Waals surface area contributed by atoms with Gasteiger partial charge in [0.05, 0.1) is 16.9 Å². The standard InChI is InChI=1S/C26H30FN7O3/c1-16-13-34-14-17(12-20(27)23(34)28-16)29-24(35)18-6-7-21(19-15-31(5)30-22(18)19)32-8-10-33(11-9-32)25(36)37-26(2,3)4/h6-7,12-15H,8-11H2,1-5H3,(H,29,35). The summed E-state index contributed by atoms with van der Waals surface area (Å²) >= 11 is 0. The lowest BCUT2D eigenvalue weighted by Gasteiger charge is -2.37. The number of carbonyl (C=O) groups is 2. The van der Waals surface area contributed by atoms with Gasteiger partial charge in [-0.05, 0) is 39.8 Å². The van der Waals surface area contributed by atoms with Crippen molar-refractivity contribution in [1.82, 2.24) is 24.1 Å². The molecule has 0 aliphatic carbocycles. The minimum absolute atomic E-state index is 0.207. The Morgan fingerprint density at radius 2 is 1.81 bits per heavy atom. The largest absolute Gasteiger partial charge is 0.444 e. The van der Waals surface area contributed by atoms with Crippen molar-refractivity contribution in [1.29, 1.82) is 0 Å². The minimum atomic E-state index is -0.540. The molecule has 1 aromatic carbocycles. The van der Waals surface area contributed by atoms with Crippen LogP contribution >= 0.6 is 0 Å². The van der Waals surface area contributed by atoms with Gasteiger partial charge in [-0.3, -0.25) is 9.48 Å². The van der Waals surface area contributed by atoms with E-state index in [2.05, 4.69) is 20.3 Å². The van der Waals surface area contributed by atoms with Gasteiger partial charge >= 0.3 is 6.09 Å². The van der Waals surface area contributed by atoms with Crippen LogP contribution in [0.25, 0.3) is 16.6 Å². The number of hydrogen-bond donors (Lipinski definition) is 1. The molecule has 0 spiro atoms.